The van der Waals surface area contributed by atoms with Crippen molar-refractivity contribution in [2.45, 2.75) is 58.3 Å². The van der Waals surface area contributed by atoms with Gasteiger partial charge in [-0.1, -0.05) is 32.6 Å². The van der Waals surface area contributed by atoms with E-state index in [9.17, 15) is 0 Å². The van der Waals surface area contributed by atoms with Crippen molar-refractivity contribution in [3.63, 3.8) is 0 Å². The predicted molar refractivity (Wildman–Crippen MR) is 73.6 cm³/mol. The molecule has 1 aliphatic carbocycles. The number of nitrogens with one attached hydrogen (secondary N) is 1. The summed E-state index contributed by atoms with van der Waals surface area (Å²) in [6.07, 6.45) is 11.8. The van der Waals surface area contributed by atoms with Gasteiger partial charge in [0.15, 0.2) is 5.89 Å². The Balaban J connectivity index is 1.65. The summed E-state index contributed by atoms with van der Waals surface area (Å²) in [5, 5.41) is 3.40. The van der Waals surface area contributed by atoms with Crippen LogP contribution in [0, 0.1) is 5.92 Å². The number of aromatic nitrogens is 1. The van der Waals surface area contributed by atoms with Gasteiger partial charge in [0, 0.05) is 12.8 Å². The fourth-order valence-corrected chi connectivity index (χ4v) is 2.72. The molecule has 1 aromatic rings. The maximum atomic E-state index is 5.81. The largest absolute Gasteiger partial charge is 0.446 e. The van der Waals surface area contributed by atoms with Gasteiger partial charge in [0.2, 0.25) is 0 Å². The van der Waals surface area contributed by atoms with Crippen LogP contribution in [0.5, 0.6) is 0 Å². The molecule has 0 atom stereocenters. The zero-order chi connectivity index (χ0) is 12.6. The van der Waals surface area contributed by atoms with Gasteiger partial charge < -0.3 is 9.73 Å². The first-order chi connectivity index (χ1) is 8.88. The first-order valence-electron chi connectivity index (χ1n) is 7.52. The van der Waals surface area contributed by atoms with Gasteiger partial charge in [-0.05, 0) is 31.8 Å². The monoisotopic (exact) mass is 250 g/mol. The smallest absolute Gasteiger partial charge is 0.194 e. The highest BCUT2D eigenvalue weighted by Gasteiger charge is 2.17. The lowest BCUT2D eigenvalue weighted by atomic mass is 10.0. The summed E-state index contributed by atoms with van der Waals surface area (Å²) < 4.78 is 5.81. The van der Waals surface area contributed by atoms with Crippen LogP contribution in [0.15, 0.2) is 10.6 Å². The Morgan fingerprint density at radius 1 is 1.33 bits per heavy atom. The minimum absolute atomic E-state index is 0.844. The topological polar surface area (TPSA) is 38.1 Å². The van der Waals surface area contributed by atoms with Crippen LogP contribution in [0.25, 0.3) is 0 Å². The second kappa shape index (κ2) is 7.57. The van der Waals surface area contributed by atoms with Crippen LogP contribution in [0.2, 0.25) is 0 Å². The molecule has 2 rings (SSSR count). The Morgan fingerprint density at radius 3 is 2.94 bits per heavy atom. The van der Waals surface area contributed by atoms with E-state index in [2.05, 4.69) is 17.2 Å². The maximum Gasteiger partial charge on any atom is 0.194 e. The van der Waals surface area contributed by atoms with E-state index in [1.807, 2.05) is 6.20 Å². The number of hydrogen-bond donors (Lipinski definition) is 1. The fourth-order valence-electron chi connectivity index (χ4n) is 2.72. The lowest BCUT2D eigenvalue weighted by molar-refractivity contribution is 0.410. The van der Waals surface area contributed by atoms with E-state index in [4.69, 9.17) is 4.42 Å². The maximum absolute atomic E-state index is 5.81. The van der Waals surface area contributed by atoms with Crippen molar-refractivity contribution < 1.29 is 4.42 Å². The molecule has 0 spiro atoms. The molecule has 1 aliphatic rings. The summed E-state index contributed by atoms with van der Waals surface area (Å²) in [6.45, 7) is 4.36. The minimum atomic E-state index is 0.844. The van der Waals surface area contributed by atoms with Crippen LogP contribution in [0.4, 0.5) is 0 Å². The Bertz CT molecular complexity index is 329. The first kappa shape index (κ1) is 13.6. The molecule has 0 radical (unpaired) electrons. The van der Waals surface area contributed by atoms with Gasteiger partial charge in [0.25, 0.3) is 0 Å². The fraction of sp³-hybridized carbons (Fsp3) is 0.800. The highest BCUT2D eigenvalue weighted by molar-refractivity contribution is 4.96. The summed E-state index contributed by atoms with van der Waals surface area (Å²) in [6, 6.07) is 0. The second-order valence-corrected chi connectivity index (χ2v) is 5.43. The van der Waals surface area contributed by atoms with E-state index in [-0.39, 0.29) is 0 Å². The lowest BCUT2D eigenvalue weighted by Gasteiger charge is -2.04. The van der Waals surface area contributed by atoms with Gasteiger partial charge in [-0.25, -0.2) is 4.98 Å². The molecule has 1 aromatic heterocycles. The summed E-state index contributed by atoms with van der Waals surface area (Å²) >= 11 is 0. The minimum Gasteiger partial charge on any atom is -0.446 e. The quantitative estimate of drug-likeness (QED) is 0.719. The summed E-state index contributed by atoms with van der Waals surface area (Å²) in [5.41, 5.74) is 0. The standard InChI is InChI=1S/C15H26N2O/c1-2-9-16-10-5-8-15-17-12-14(18-15)11-13-6-3-4-7-13/h12-13,16H,2-11H2,1H3. The van der Waals surface area contributed by atoms with Crippen LogP contribution in [0.3, 0.4) is 0 Å². The molecule has 3 nitrogen and oxygen atoms in total. The van der Waals surface area contributed by atoms with Crippen molar-refractivity contribution in [2.24, 2.45) is 5.92 Å². The van der Waals surface area contributed by atoms with Gasteiger partial charge in [0.1, 0.15) is 5.76 Å². The van der Waals surface area contributed by atoms with Crippen LogP contribution in [0.1, 0.15) is 57.1 Å². The summed E-state index contributed by atoms with van der Waals surface area (Å²) in [4.78, 5) is 4.38. The van der Waals surface area contributed by atoms with E-state index in [0.717, 1.165) is 49.9 Å². The molecule has 18 heavy (non-hydrogen) atoms. The molecular formula is C15H26N2O. The molecule has 0 amide bonds. The molecule has 0 bridgehead atoms. The van der Waals surface area contributed by atoms with Crippen LogP contribution >= 0.6 is 0 Å². The van der Waals surface area contributed by atoms with E-state index in [1.54, 1.807) is 0 Å². The first-order valence-corrected chi connectivity index (χ1v) is 7.52. The van der Waals surface area contributed by atoms with Gasteiger partial charge in [-0.2, -0.15) is 0 Å². The van der Waals surface area contributed by atoms with Crippen molar-refractivity contribution in [1.29, 1.82) is 0 Å². The summed E-state index contributed by atoms with van der Waals surface area (Å²) in [5.74, 6) is 2.86. The molecule has 102 valence electrons. The number of aryl methyl sites for hydroxylation is 1. The van der Waals surface area contributed by atoms with Crippen LogP contribution in [-0.2, 0) is 12.8 Å². The molecule has 0 saturated heterocycles. The third-order valence-electron chi connectivity index (χ3n) is 3.74. The van der Waals surface area contributed by atoms with Crippen LogP contribution in [-0.4, -0.2) is 18.1 Å². The molecule has 1 saturated carbocycles. The third kappa shape index (κ3) is 4.45. The molecule has 3 heteroatoms. The van der Waals surface area contributed by atoms with E-state index in [0.29, 0.717) is 0 Å². The van der Waals surface area contributed by atoms with E-state index < -0.39 is 0 Å². The lowest BCUT2D eigenvalue weighted by Crippen LogP contribution is -2.16. The van der Waals surface area contributed by atoms with Crippen molar-refractivity contribution in [1.82, 2.24) is 10.3 Å². The van der Waals surface area contributed by atoms with Crippen molar-refractivity contribution in [3.8, 4) is 0 Å². The van der Waals surface area contributed by atoms with Crippen molar-refractivity contribution in [2.75, 3.05) is 13.1 Å². The van der Waals surface area contributed by atoms with Crippen molar-refractivity contribution in [3.05, 3.63) is 17.8 Å². The SMILES string of the molecule is CCCNCCCc1ncc(CC2CCCC2)o1. The number of hydrogen-bond acceptors (Lipinski definition) is 3. The average Bonchev–Trinajstić information content (AvgIpc) is 3.02. The van der Waals surface area contributed by atoms with Gasteiger partial charge in [-0.3, -0.25) is 0 Å². The molecular weight excluding hydrogens is 224 g/mol. The average molecular weight is 250 g/mol. The molecule has 1 N–H and O–H groups in total. The Labute approximate surface area is 110 Å². The Hall–Kier alpha value is -0.830. The Morgan fingerprint density at radius 2 is 2.17 bits per heavy atom. The predicted octanol–water partition coefficient (Wildman–Crippen LogP) is 3.34. The molecule has 0 aromatic carbocycles. The second-order valence-electron chi connectivity index (χ2n) is 5.43. The number of rotatable bonds is 8. The summed E-state index contributed by atoms with van der Waals surface area (Å²) in [7, 11) is 0. The third-order valence-corrected chi connectivity index (χ3v) is 3.74. The Kier molecular flexibility index (Phi) is 5.72. The van der Waals surface area contributed by atoms with Gasteiger partial charge in [-0.15, -0.1) is 0 Å². The number of nitrogens with zero attached hydrogens (tertiary/aromatic N) is 1. The normalized spacial score (nSPS) is 16.5. The molecule has 1 heterocycles. The molecule has 0 aliphatic heterocycles. The number of oxazole rings is 1. The highest BCUT2D eigenvalue weighted by atomic mass is 16.4. The molecule has 1 fully saturated rings. The van der Waals surface area contributed by atoms with E-state index in [1.165, 1.54) is 32.1 Å². The highest BCUT2D eigenvalue weighted by Crippen LogP contribution is 2.28. The van der Waals surface area contributed by atoms with E-state index >= 15 is 0 Å². The van der Waals surface area contributed by atoms with Crippen LogP contribution < -0.4 is 5.32 Å². The van der Waals surface area contributed by atoms with Crippen molar-refractivity contribution >= 4 is 0 Å². The van der Waals surface area contributed by atoms with Gasteiger partial charge in [0.05, 0.1) is 6.20 Å². The van der Waals surface area contributed by atoms with Gasteiger partial charge >= 0.3 is 0 Å². The molecule has 0 unspecified atom stereocenters. The zero-order valence-corrected chi connectivity index (χ0v) is 11.6. The zero-order valence-electron chi connectivity index (χ0n) is 11.6.